The van der Waals surface area contributed by atoms with E-state index in [9.17, 15) is 4.79 Å². The largest absolute Gasteiger partial charge is 0.372 e. The second-order valence-corrected chi connectivity index (χ2v) is 7.23. The van der Waals surface area contributed by atoms with Crippen molar-refractivity contribution in [2.75, 3.05) is 5.75 Å². The molecular weight excluding hydrogens is 374 g/mol. The first-order valence-corrected chi connectivity index (χ1v) is 10.2. The fourth-order valence-corrected chi connectivity index (χ4v) is 3.29. The number of ether oxygens (including phenoxy) is 1. The third kappa shape index (κ3) is 6.51. The number of amides is 1. The lowest BCUT2D eigenvalue weighted by Gasteiger charge is -2.11. The van der Waals surface area contributed by atoms with Gasteiger partial charge in [0.2, 0.25) is 11.8 Å². The zero-order valence-electron chi connectivity index (χ0n) is 15.8. The predicted molar refractivity (Wildman–Crippen MR) is 108 cm³/mol. The molecule has 0 saturated carbocycles. The molecule has 3 aromatic rings. The Hall–Kier alpha value is -2.64. The summed E-state index contributed by atoms with van der Waals surface area (Å²) in [6, 6.07) is 18.1. The van der Waals surface area contributed by atoms with Gasteiger partial charge in [-0.05, 0) is 16.7 Å². The SMILES string of the molecule is Cc1nc(CSCC(=O)NCc2ccccc2COCc2ccccc2)no1. The predicted octanol–water partition coefficient (Wildman–Crippen LogP) is 3.64. The Morgan fingerprint density at radius 1 is 1.07 bits per heavy atom. The van der Waals surface area contributed by atoms with Crippen molar-refractivity contribution in [3.63, 3.8) is 0 Å². The molecule has 0 aliphatic heterocycles. The monoisotopic (exact) mass is 397 g/mol. The highest BCUT2D eigenvalue weighted by atomic mass is 32.2. The van der Waals surface area contributed by atoms with Gasteiger partial charge < -0.3 is 14.6 Å². The van der Waals surface area contributed by atoms with Gasteiger partial charge in [0.15, 0.2) is 5.82 Å². The van der Waals surface area contributed by atoms with E-state index in [0.29, 0.717) is 43.0 Å². The molecule has 28 heavy (non-hydrogen) atoms. The van der Waals surface area contributed by atoms with Crippen molar-refractivity contribution in [3.8, 4) is 0 Å². The fraction of sp³-hybridized carbons (Fsp3) is 0.286. The molecule has 7 heteroatoms. The van der Waals surface area contributed by atoms with E-state index >= 15 is 0 Å². The van der Waals surface area contributed by atoms with Crippen molar-refractivity contribution in [1.29, 1.82) is 0 Å². The maximum absolute atomic E-state index is 12.1. The van der Waals surface area contributed by atoms with Crippen LogP contribution in [0.15, 0.2) is 59.1 Å². The van der Waals surface area contributed by atoms with E-state index in [1.807, 2.05) is 54.6 Å². The molecule has 0 aliphatic rings. The molecule has 0 radical (unpaired) electrons. The van der Waals surface area contributed by atoms with Crippen LogP contribution in [0.25, 0.3) is 0 Å². The first-order valence-electron chi connectivity index (χ1n) is 9.03. The summed E-state index contributed by atoms with van der Waals surface area (Å²) in [5.41, 5.74) is 3.28. The van der Waals surface area contributed by atoms with Gasteiger partial charge in [0, 0.05) is 13.5 Å². The summed E-state index contributed by atoms with van der Waals surface area (Å²) in [5, 5.41) is 6.78. The molecule has 6 nitrogen and oxygen atoms in total. The van der Waals surface area contributed by atoms with Crippen molar-refractivity contribution < 1.29 is 14.1 Å². The number of hydrogen-bond acceptors (Lipinski definition) is 6. The summed E-state index contributed by atoms with van der Waals surface area (Å²) in [6.45, 7) is 3.29. The van der Waals surface area contributed by atoms with Gasteiger partial charge in [-0.3, -0.25) is 4.79 Å². The summed E-state index contributed by atoms with van der Waals surface area (Å²) in [7, 11) is 0. The molecule has 0 aliphatic carbocycles. The van der Waals surface area contributed by atoms with Crippen LogP contribution in [0.1, 0.15) is 28.4 Å². The van der Waals surface area contributed by atoms with Crippen LogP contribution in [-0.2, 0) is 35.0 Å². The molecule has 0 fully saturated rings. The number of aromatic nitrogens is 2. The molecule has 146 valence electrons. The number of carbonyl (C=O) groups excluding carboxylic acids is 1. The highest BCUT2D eigenvalue weighted by molar-refractivity contribution is 7.99. The highest BCUT2D eigenvalue weighted by Gasteiger charge is 2.08. The molecule has 1 amide bonds. The molecule has 0 bridgehead atoms. The third-order valence-corrected chi connectivity index (χ3v) is 4.93. The highest BCUT2D eigenvalue weighted by Crippen LogP contribution is 2.13. The number of hydrogen-bond donors (Lipinski definition) is 1. The molecule has 1 N–H and O–H groups in total. The van der Waals surface area contributed by atoms with Crippen LogP contribution in [-0.4, -0.2) is 21.8 Å². The standard InChI is InChI=1S/C21H23N3O3S/c1-16-23-20(24-27-16)14-28-15-21(25)22-11-18-9-5-6-10-19(18)13-26-12-17-7-3-2-4-8-17/h2-10H,11-15H2,1H3,(H,22,25). The van der Waals surface area contributed by atoms with E-state index in [1.165, 1.54) is 11.8 Å². The van der Waals surface area contributed by atoms with Gasteiger partial charge in [-0.1, -0.05) is 59.8 Å². The molecule has 2 aromatic carbocycles. The Morgan fingerprint density at radius 2 is 1.82 bits per heavy atom. The first kappa shape index (κ1) is 20.1. The number of nitrogens with one attached hydrogen (secondary N) is 1. The van der Waals surface area contributed by atoms with Crippen LogP contribution in [0.5, 0.6) is 0 Å². The number of carbonyl (C=O) groups is 1. The Labute approximate surface area is 168 Å². The van der Waals surface area contributed by atoms with E-state index in [-0.39, 0.29) is 5.91 Å². The van der Waals surface area contributed by atoms with Crippen LogP contribution < -0.4 is 5.32 Å². The second kappa shape index (κ2) is 10.6. The smallest absolute Gasteiger partial charge is 0.230 e. The topological polar surface area (TPSA) is 77.2 Å². The molecule has 0 spiro atoms. The van der Waals surface area contributed by atoms with Gasteiger partial charge in [0.1, 0.15) is 0 Å². The summed E-state index contributed by atoms with van der Waals surface area (Å²) in [6.07, 6.45) is 0. The number of nitrogens with zero attached hydrogens (tertiary/aromatic N) is 2. The Bertz CT molecular complexity index is 883. The molecule has 1 aromatic heterocycles. The summed E-state index contributed by atoms with van der Waals surface area (Å²) in [5.74, 6) is 2.02. The van der Waals surface area contributed by atoms with Crippen LogP contribution in [0.2, 0.25) is 0 Å². The molecule has 3 rings (SSSR count). The number of rotatable bonds is 10. The van der Waals surface area contributed by atoms with E-state index in [4.69, 9.17) is 9.26 Å². The van der Waals surface area contributed by atoms with Crippen molar-refractivity contribution >= 4 is 17.7 Å². The van der Waals surface area contributed by atoms with Crippen LogP contribution >= 0.6 is 11.8 Å². The Balaban J connectivity index is 1.41. The maximum atomic E-state index is 12.1. The third-order valence-electron chi connectivity index (χ3n) is 4.00. The lowest BCUT2D eigenvalue weighted by Crippen LogP contribution is -2.25. The molecule has 0 saturated heterocycles. The van der Waals surface area contributed by atoms with Gasteiger partial charge in [0.05, 0.1) is 24.7 Å². The minimum absolute atomic E-state index is 0.0229. The quantitative estimate of drug-likeness (QED) is 0.563. The van der Waals surface area contributed by atoms with Gasteiger partial charge >= 0.3 is 0 Å². The lowest BCUT2D eigenvalue weighted by atomic mass is 10.1. The second-order valence-electron chi connectivity index (χ2n) is 6.25. The average molecular weight is 398 g/mol. The van der Waals surface area contributed by atoms with Crippen LogP contribution in [0.4, 0.5) is 0 Å². The molecular formula is C21H23N3O3S. The van der Waals surface area contributed by atoms with Gasteiger partial charge in [-0.2, -0.15) is 4.98 Å². The zero-order chi connectivity index (χ0) is 19.6. The molecule has 0 atom stereocenters. The minimum atomic E-state index is -0.0229. The summed E-state index contributed by atoms with van der Waals surface area (Å²) in [4.78, 5) is 16.2. The molecule has 0 unspecified atom stereocenters. The van der Waals surface area contributed by atoms with Crippen molar-refractivity contribution in [2.45, 2.75) is 32.4 Å². The number of aryl methyl sites for hydroxylation is 1. The Kier molecular flexibility index (Phi) is 7.63. The fourth-order valence-electron chi connectivity index (χ4n) is 2.60. The minimum Gasteiger partial charge on any atom is -0.372 e. The number of thioether (sulfide) groups is 1. The van der Waals surface area contributed by atoms with E-state index in [2.05, 4.69) is 15.5 Å². The van der Waals surface area contributed by atoms with Gasteiger partial charge in [-0.25, -0.2) is 0 Å². The maximum Gasteiger partial charge on any atom is 0.230 e. The molecule has 1 heterocycles. The average Bonchev–Trinajstić information content (AvgIpc) is 3.13. The summed E-state index contributed by atoms with van der Waals surface area (Å²) >= 11 is 1.46. The van der Waals surface area contributed by atoms with Crippen LogP contribution in [0, 0.1) is 6.92 Å². The van der Waals surface area contributed by atoms with E-state index in [1.54, 1.807) is 6.92 Å². The first-order chi connectivity index (χ1) is 13.7. The van der Waals surface area contributed by atoms with Gasteiger partial charge in [0.25, 0.3) is 0 Å². The normalized spacial score (nSPS) is 10.8. The van der Waals surface area contributed by atoms with Crippen molar-refractivity contribution in [2.24, 2.45) is 0 Å². The van der Waals surface area contributed by atoms with Gasteiger partial charge in [-0.15, -0.1) is 11.8 Å². The van der Waals surface area contributed by atoms with Crippen molar-refractivity contribution in [1.82, 2.24) is 15.5 Å². The van der Waals surface area contributed by atoms with E-state index in [0.717, 1.165) is 16.7 Å². The lowest BCUT2D eigenvalue weighted by molar-refractivity contribution is -0.118. The zero-order valence-corrected chi connectivity index (χ0v) is 16.6. The number of benzene rings is 2. The van der Waals surface area contributed by atoms with Crippen LogP contribution in [0.3, 0.4) is 0 Å². The Morgan fingerprint density at radius 3 is 2.57 bits per heavy atom. The van der Waals surface area contributed by atoms with E-state index < -0.39 is 0 Å². The van der Waals surface area contributed by atoms with Crippen molar-refractivity contribution in [3.05, 3.63) is 83.0 Å². The summed E-state index contributed by atoms with van der Waals surface area (Å²) < 4.78 is 10.7.